The number of anilines is 2. The second kappa shape index (κ2) is 9.57. The van der Waals surface area contributed by atoms with Crippen molar-refractivity contribution in [3.05, 3.63) is 58.4 Å². The summed E-state index contributed by atoms with van der Waals surface area (Å²) in [5, 5.41) is 16.1. The van der Waals surface area contributed by atoms with Gasteiger partial charge < -0.3 is 20.6 Å². The van der Waals surface area contributed by atoms with Gasteiger partial charge >= 0.3 is 6.09 Å². The summed E-state index contributed by atoms with van der Waals surface area (Å²) in [6.07, 6.45) is 4.74. The van der Waals surface area contributed by atoms with Crippen LogP contribution in [0.3, 0.4) is 0 Å². The Labute approximate surface area is 204 Å². The van der Waals surface area contributed by atoms with E-state index in [-0.39, 0.29) is 22.3 Å². The number of rotatable bonds is 5. The van der Waals surface area contributed by atoms with Crippen LogP contribution in [0.1, 0.15) is 41.0 Å². The molecule has 11 heteroatoms. The van der Waals surface area contributed by atoms with E-state index in [0.29, 0.717) is 12.2 Å². The third-order valence-corrected chi connectivity index (χ3v) is 7.17. The molecule has 8 nitrogen and oxygen atoms in total. The number of pyridine rings is 1. The Morgan fingerprint density at radius 1 is 1.17 bits per heavy atom. The summed E-state index contributed by atoms with van der Waals surface area (Å²) < 4.78 is 28.3. The van der Waals surface area contributed by atoms with Crippen LogP contribution in [0.25, 0.3) is 10.6 Å². The average Bonchev–Trinajstić information content (AvgIpc) is 3.48. The number of thiazole rings is 1. The van der Waals surface area contributed by atoms with E-state index in [9.17, 15) is 18.4 Å². The van der Waals surface area contributed by atoms with E-state index < -0.39 is 23.6 Å². The second-order valence-corrected chi connectivity index (χ2v) is 9.48. The number of aryl methyl sites for hydroxylation is 1. The number of carbonyl (C=O) groups excluding carboxylic acids is 1. The Balaban J connectivity index is 1.43. The van der Waals surface area contributed by atoms with Gasteiger partial charge in [-0.1, -0.05) is 6.07 Å². The Bertz CT molecular complexity index is 1280. The van der Waals surface area contributed by atoms with Gasteiger partial charge in [-0.05, 0) is 49.8 Å². The quantitative estimate of drug-likeness (QED) is 0.479. The molecule has 1 aliphatic carbocycles. The molecule has 1 aromatic carbocycles. The van der Waals surface area contributed by atoms with Crippen LogP contribution in [0.5, 0.6) is 0 Å². The predicted octanol–water partition coefficient (Wildman–Crippen LogP) is 4.46. The summed E-state index contributed by atoms with van der Waals surface area (Å²) in [7, 11) is 0. The molecule has 1 saturated heterocycles. The maximum Gasteiger partial charge on any atom is 0.404 e. The van der Waals surface area contributed by atoms with E-state index in [1.54, 1.807) is 6.20 Å². The lowest BCUT2D eigenvalue weighted by atomic mass is 10.0. The summed E-state index contributed by atoms with van der Waals surface area (Å²) in [6, 6.07) is 3.35. The third-order valence-electron chi connectivity index (χ3n) is 6.31. The normalized spacial score (nSPS) is 17.2. The van der Waals surface area contributed by atoms with Crippen molar-refractivity contribution in [2.45, 2.75) is 38.1 Å². The van der Waals surface area contributed by atoms with Gasteiger partial charge in [0.25, 0.3) is 5.91 Å². The molecule has 1 atom stereocenters. The Kier molecular flexibility index (Phi) is 6.33. The summed E-state index contributed by atoms with van der Waals surface area (Å²) in [5.74, 6) is -2.00. The van der Waals surface area contributed by atoms with Crippen molar-refractivity contribution in [1.29, 1.82) is 0 Å². The van der Waals surface area contributed by atoms with Crippen molar-refractivity contribution in [3.8, 4) is 10.6 Å². The van der Waals surface area contributed by atoms with Gasteiger partial charge in [0.2, 0.25) is 0 Å². The first-order valence-corrected chi connectivity index (χ1v) is 12.2. The zero-order chi connectivity index (χ0) is 24.5. The lowest BCUT2D eigenvalue weighted by Gasteiger charge is -2.36. The van der Waals surface area contributed by atoms with Crippen LogP contribution in [0.15, 0.2) is 29.8 Å². The minimum Gasteiger partial charge on any atom is -0.465 e. The number of carbonyl (C=O) groups is 2. The molecule has 3 aromatic rings. The zero-order valence-electron chi connectivity index (χ0n) is 18.7. The fraction of sp³-hybridized carbons (Fsp3) is 0.333. The van der Waals surface area contributed by atoms with Crippen LogP contribution >= 0.6 is 11.3 Å². The molecule has 2 aliphatic rings. The van der Waals surface area contributed by atoms with Crippen molar-refractivity contribution >= 4 is 34.7 Å². The molecule has 0 spiro atoms. The average molecular weight is 500 g/mol. The third kappa shape index (κ3) is 4.68. The van der Waals surface area contributed by atoms with Gasteiger partial charge in [-0.2, -0.15) is 0 Å². The molecular formula is C24H23F2N5O3S. The van der Waals surface area contributed by atoms with Crippen molar-refractivity contribution < 1.29 is 23.5 Å². The number of nitrogens with one attached hydrogen (secondary N) is 2. The number of carboxylic acid groups (broad SMARTS) is 1. The van der Waals surface area contributed by atoms with E-state index in [1.807, 2.05) is 0 Å². The van der Waals surface area contributed by atoms with Crippen molar-refractivity contribution in [2.24, 2.45) is 0 Å². The lowest BCUT2D eigenvalue weighted by molar-refractivity contribution is 0.102. The molecule has 2 aromatic heterocycles. The number of hydrogen-bond acceptors (Lipinski definition) is 6. The molecule has 0 unspecified atom stereocenters. The number of fused-ring (bicyclic) bond motifs is 1. The molecule has 5 rings (SSSR count). The fourth-order valence-corrected chi connectivity index (χ4v) is 5.65. The second-order valence-electron chi connectivity index (χ2n) is 8.62. The van der Waals surface area contributed by atoms with Crippen LogP contribution < -0.4 is 15.5 Å². The lowest BCUT2D eigenvalue weighted by Crippen LogP contribution is -2.48. The van der Waals surface area contributed by atoms with E-state index in [2.05, 4.69) is 25.5 Å². The van der Waals surface area contributed by atoms with E-state index in [0.717, 1.165) is 79.1 Å². The molecule has 0 saturated carbocycles. The van der Waals surface area contributed by atoms with E-state index in [4.69, 9.17) is 5.11 Å². The number of halogens is 2. The van der Waals surface area contributed by atoms with Crippen LogP contribution in [-0.4, -0.2) is 46.2 Å². The van der Waals surface area contributed by atoms with Gasteiger partial charge in [0, 0.05) is 30.2 Å². The van der Waals surface area contributed by atoms with Gasteiger partial charge in [0.15, 0.2) is 0 Å². The van der Waals surface area contributed by atoms with Crippen LogP contribution in [-0.2, 0) is 12.8 Å². The van der Waals surface area contributed by atoms with Crippen LogP contribution in [0.2, 0.25) is 0 Å². The maximum atomic E-state index is 14.2. The van der Waals surface area contributed by atoms with Crippen LogP contribution in [0.4, 0.5) is 25.0 Å². The fourth-order valence-electron chi connectivity index (χ4n) is 4.80. The molecule has 2 amide bonds. The molecule has 1 fully saturated rings. The summed E-state index contributed by atoms with van der Waals surface area (Å²) >= 11 is 0.986. The first-order valence-electron chi connectivity index (χ1n) is 11.4. The first-order chi connectivity index (χ1) is 16.9. The summed E-state index contributed by atoms with van der Waals surface area (Å²) in [5.41, 5.74) is 3.19. The standard InChI is InChI=1S/C24H23F2N5O3S/c25-15-6-2-7-16(26)20(15)23-30-19(12-35-23)22(32)29-18-10-27-17-8-1-5-14(17)21(18)31-9-3-4-13(11-31)28-24(33)34/h2,6-7,10,12-13,28H,1,3-5,8-9,11H2,(H,29,32)(H,33,34)/t13-/m0/s1. The molecule has 35 heavy (non-hydrogen) atoms. The Morgan fingerprint density at radius 3 is 2.74 bits per heavy atom. The minimum absolute atomic E-state index is 0.0446. The van der Waals surface area contributed by atoms with Crippen molar-refractivity contribution in [1.82, 2.24) is 15.3 Å². The molecule has 3 N–H and O–H groups in total. The van der Waals surface area contributed by atoms with Gasteiger partial charge in [0.1, 0.15) is 22.3 Å². The summed E-state index contributed by atoms with van der Waals surface area (Å²) in [6.45, 7) is 1.21. The molecule has 0 radical (unpaired) electrons. The topological polar surface area (TPSA) is 107 Å². The van der Waals surface area contributed by atoms with Gasteiger partial charge in [0.05, 0.1) is 23.1 Å². The number of piperidine rings is 1. The van der Waals surface area contributed by atoms with Crippen LogP contribution in [0, 0.1) is 11.6 Å². The highest BCUT2D eigenvalue weighted by Crippen LogP contribution is 2.38. The van der Waals surface area contributed by atoms with Crippen molar-refractivity contribution in [2.75, 3.05) is 23.3 Å². The van der Waals surface area contributed by atoms with Gasteiger partial charge in [-0.3, -0.25) is 9.78 Å². The van der Waals surface area contributed by atoms with Gasteiger partial charge in [-0.15, -0.1) is 11.3 Å². The van der Waals surface area contributed by atoms with Crippen molar-refractivity contribution in [3.63, 3.8) is 0 Å². The first kappa shape index (κ1) is 23.2. The van der Waals surface area contributed by atoms with E-state index in [1.165, 1.54) is 11.4 Å². The number of aromatic nitrogens is 2. The monoisotopic (exact) mass is 499 g/mol. The number of benzene rings is 1. The number of hydrogen-bond donors (Lipinski definition) is 3. The highest BCUT2D eigenvalue weighted by atomic mass is 32.1. The highest BCUT2D eigenvalue weighted by molar-refractivity contribution is 7.13. The molecule has 1 aliphatic heterocycles. The predicted molar refractivity (Wildman–Crippen MR) is 128 cm³/mol. The van der Waals surface area contributed by atoms with E-state index >= 15 is 0 Å². The molecule has 0 bridgehead atoms. The zero-order valence-corrected chi connectivity index (χ0v) is 19.5. The molecular weight excluding hydrogens is 476 g/mol. The maximum absolute atomic E-state index is 14.2. The molecule has 3 heterocycles. The Hall–Kier alpha value is -3.60. The highest BCUT2D eigenvalue weighted by Gasteiger charge is 2.29. The molecule has 182 valence electrons. The van der Waals surface area contributed by atoms with Gasteiger partial charge in [-0.25, -0.2) is 18.6 Å². The summed E-state index contributed by atoms with van der Waals surface area (Å²) in [4.78, 5) is 35.1. The SMILES string of the molecule is O=C(O)N[C@H]1CCCN(c2c(NC(=O)c3csc(-c4c(F)cccc4F)n3)cnc3c2CCC3)C1. The smallest absolute Gasteiger partial charge is 0.404 e. The largest absolute Gasteiger partial charge is 0.465 e. The number of nitrogens with zero attached hydrogens (tertiary/aromatic N) is 3. The number of amides is 2. The Morgan fingerprint density at radius 2 is 1.97 bits per heavy atom. The minimum atomic E-state index is -1.06.